The zero-order chi connectivity index (χ0) is 10.7. The number of nitrogens with one attached hydrogen (secondary N) is 1. The van der Waals surface area contributed by atoms with Gasteiger partial charge in [0.2, 0.25) is 0 Å². The van der Waals surface area contributed by atoms with E-state index in [9.17, 15) is 0 Å². The van der Waals surface area contributed by atoms with Gasteiger partial charge in [0.25, 0.3) is 0 Å². The van der Waals surface area contributed by atoms with E-state index in [1.807, 2.05) is 0 Å². The highest BCUT2D eigenvalue weighted by atomic mass is 79.9. The summed E-state index contributed by atoms with van der Waals surface area (Å²) in [6.45, 7) is 4.74. The van der Waals surface area contributed by atoms with Gasteiger partial charge in [0.15, 0.2) is 0 Å². The first-order valence-corrected chi connectivity index (χ1v) is 6.42. The van der Waals surface area contributed by atoms with Crippen LogP contribution in [0.15, 0.2) is 28.7 Å². The van der Waals surface area contributed by atoms with Crippen molar-refractivity contribution in [3.05, 3.63) is 34.3 Å². The first-order valence-electron chi connectivity index (χ1n) is 5.63. The number of piperidine rings is 1. The Balaban J connectivity index is 2.03. The average molecular weight is 268 g/mol. The SMILES string of the molecule is CC1(Cc2ccc(Br)cc2)CCCNC1. The van der Waals surface area contributed by atoms with Gasteiger partial charge in [0.05, 0.1) is 0 Å². The molecule has 0 aliphatic carbocycles. The molecule has 1 aromatic rings. The standard InChI is InChI=1S/C13H18BrN/c1-13(7-2-8-15-10-13)9-11-3-5-12(14)6-4-11/h3-6,15H,2,7-10H2,1H3. The predicted octanol–water partition coefficient (Wildman–Crippen LogP) is 3.38. The van der Waals surface area contributed by atoms with Gasteiger partial charge in [-0.25, -0.2) is 0 Å². The molecular weight excluding hydrogens is 250 g/mol. The van der Waals surface area contributed by atoms with Gasteiger partial charge in [-0.2, -0.15) is 0 Å². The van der Waals surface area contributed by atoms with Crippen LogP contribution < -0.4 is 5.32 Å². The molecule has 1 aromatic carbocycles. The summed E-state index contributed by atoms with van der Waals surface area (Å²) >= 11 is 3.47. The maximum Gasteiger partial charge on any atom is 0.0175 e. The molecular formula is C13H18BrN. The number of hydrogen-bond acceptors (Lipinski definition) is 1. The van der Waals surface area contributed by atoms with Crippen molar-refractivity contribution in [3.63, 3.8) is 0 Å². The Morgan fingerprint density at radius 3 is 2.67 bits per heavy atom. The third-order valence-corrected chi connectivity index (χ3v) is 3.76. The molecule has 2 heteroatoms. The largest absolute Gasteiger partial charge is 0.316 e. The zero-order valence-electron chi connectivity index (χ0n) is 9.22. The maximum absolute atomic E-state index is 3.50. The first-order chi connectivity index (χ1) is 7.18. The highest BCUT2D eigenvalue weighted by molar-refractivity contribution is 9.10. The first kappa shape index (κ1) is 11.2. The van der Waals surface area contributed by atoms with E-state index in [2.05, 4.69) is 52.4 Å². The van der Waals surface area contributed by atoms with E-state index in [0.717, 1.165) is 11.0 Å². The molecule has 1 heterocycles. The second-order valence-corrected chi connectivity index (χ2v) is 5.81. The number of benzene rings is 1. The molecule has 1 fully saturated rings. The van der Waals surface area contributed by atoms with E-state index >= 15 is 0 Å². The molecule has 1 N–H and O–H groups in total. The van der Waals surface area contributed by atoms with Gasteiger partial charge in [-0.3, -0.25) is 0 Å². The summed E-state index contributed by atoms with van der Waals surface area (Å²) < 4.78 is 1.16. The Morgan fingerprint density at radius 1 is 1.33 bits per heavy atom. The summed E-state index contributed by atoms with van der Waals surface area (Å²) in [5.41, 5.74) is 1.90. The quantitative estimate of drug-likeness (QED) is 0.867. The fourth-order valence-electron chi connectivity index (χ4n) is 2.36. The van der Waals surface area contributed by atoms with E-state index in [0.29, 0.717) is 5.41 Å². The summed E-state index contributed by atoms with van der Waals surface area (Å²) in [7, 11) is 0. The van der Waals surface area contributed by atoms with Crippen molar-refractivity contribution in [3.8, 4) is 0 Å². The Bertz CT molecular complexity index is 312. The van der Waals surface area contributed by atoms with Crippen molar-refractivity contribution in [1.82, 2.24) is 5.32 Å². The van der Waals surface area contributed by atoms with E-state index in [4.69, 9.17) is 0 Å². The van der Waals surface area contributed by atoms with E-state index in [1.54, 1.807) is 0 Å². The van der Waals surface area contributed by atoms with E-state index in [1.165, 1.54) is 31.4 Å². The minimum absolute atomic E-state index is 0.450. The molecule has 0 spiro atoms. The maximum atomic E-state index is 3.50. The monoisotopic (exact) mass is 267 g/mol. The number of halogens is 1. The number of hydrogen-bond donors (Lipinski definition) is 1. The molecule has 1 atom stereocenters. The second-order valence-electron chi connectivity index (χ2n) is 4.89. The summed E-state index contributed by atoms with van der Waals surface area (Å²) in [6, 6.07) is 8.72. The van der Waals surface area contributed by atoms with Gasteiger partial charge < -0.3 is 5.32 Å². The van der Waals surface area contributed by atoms with E-state index in [-0.39, 0.29) is 0 Å². The lowest BCUT2D eigenvalue weighted by molar-refractivity contribution is 0.235. The van der Waals surface area contributed by atoms with Crippen LogP contribution >= 0.6 is 15.9 Å². The van der Waals surface area contributed by atoms with Crippen molar-refractivity contribution >= 4 is 15.9 Å². The van der Waals surface area contributed by atoms with Gasteiger partial charge in [0.1, 0.15) is 0 Å². The molecule has 1 aliphatic rings. The second kappa shape index (κ2) is 4.67. The van der Waals surface area contributed by atoms with Crippen LogP contribution in [0.5, 0.6) is 0 Å². The highest BCUT2D eigenvalue weighted by Gasteiger charge is 2.26. The average Bonchev–Trinajstić information content (AvgIpc) is 2.22. The molecule has 0 amide bonds. The molecule has 0 aromatic heterocycles. The van der Waals surface area contributed by atoms with Gasteiger partial charge in [-0.15, -0.1) is 0 Å². The molecule has 0 radical (unpaired) electrons. The van der Waals surface area contributed by atoms with Crippen LogP contribution in [0.25, 0.3) is 0 Å². The highest BCUT2D eigenvalue weighted by Crippen LogP contribution is 2.30. The van der Waals surface area contributed by atoms with Crippen molar-refractivity contribution < 1.29 is 0 Å². The lowest BCUT2D eigenvalue weighted by Crippen LogP contribution is -2.39. The molecule has 0 bridgehead atoms. The summed E-state index contributed by atoms with van der Waals surface area (Å²) in [5, 5.41) is 3.50. The van der Waals surface area contributed by atoms with Crippen LogP contribution in [0, 0.1) is 5.41 Å². The molecule has 1 aliphatic heterocycles. The van der Waals surface area contributed by atoms with Gasteiger partial charge in [-0.1, -0.05) is 35.0 Å². The van der Waals surface area contributed by atoms with Gasteiger partial charge in [-0.05, 0) is 48.9 Å². The lowest BCUT2D eigenvalue weighted by atomic mass is 9.78. The summed E-state index contributed by atoms with van der Waals surface area (Å²) in [5.74, 6) is 0. The van der Waals surface area contributed by atoms with Crippen LogP contribution in [0.1, 0.15) is 25.3 Å². The van der Waals surface area contributed by atoms with Crippen LogP contribution in [0.4, 0.5) is 0 Å². The fraction of sp³-hybridized carbons (Fsp3) is 0.538. The van der Waals surface area contributed by atoms with Gasteiger partial charge >= 0.3 is 0 Å². The minimum Gasteiger partial charge on any atom is -0.316 e. The molecule has 1 nitrogen and oxygen atoms in total. The third kappa shape index (κ3) is 3.05. The Kier molecular flexibility index (Phi) is 3.47. The Morgan fingerprint density at radius 2 is 2.07 bits per heavy atom. The smallest absolute Gasteiger partial charge is 0.0175 e. The van der Waals surface area contributed by atoms with E-state index < -0.39 is 0 Å². The summed E-state index contributed by atoms with van der Waals surface area (Å²) in [6.07, 6.45) is 3.84. The summed E-state index contributed by atoms with van der Waals surface area (Å²) in [4.78, 5) is 0. The normalized spacial score (nSPS) is 26.5. The molecule has 82 valence electrons. The van der Waals surface area contributed by atoms with Crippen LogP contribution in [0.3, 0.4) is 0 Å². The van der Waals surface area contributed by atoms with Crippen LogP contribution in [0.2, 0.25) is 0 Å². The minimum atomic E-state index is 0.450. The van der Waals surface area contributed by atoms with Gasteiger partial charge in [0, 0.05) is 11.0 Å². The number of rotatable bonds is 2. The van der Waals surface area contributed by atoms with Crippen molar-refractivity contribution in [1.29, 1.82) is 0 Å². The third-order valence-electron chi connectivity index (χ3n) is 3.23. The zero-order valence-corrected chi connectivity index (χ0v) is 10.8. The Labute approximate surface area is 100 Å². The topological polar surface area (TPSA) is 12.0 Å². The van der Waals surface area contributed by atoms with Crippen molar-refractivity contribution in [2.75, 3.05) is 13.1 Å². The molecule has 2 rings (SSSR count). The Hall–Kier alpha value is -0.340. The lowest BCUT2D eigenvalue weighted by Gasteiger charge is -2.34. The fourth-order valence-corrected chi connectivity index (χ4v) is 2.63. The molecule has 0 saturated carbocycles. The van der Waals surface area contributed by atoms with Crippen LogP contribution in [-0.4, -0.2) is 13.1 Å². The predicted molar refractivity (Wildman–Crippen MR) is 68.1 cm³/mol. The van der Waals surface area contributed by atoms with Crippen LogP contribution in [-0.2, 0) is 6.42 Å². The molecule has 1 unspecified atom stereocenters. The molecule has 15 heavy (non-hydrogen) atoms. The molecule has 1 saturated heterocycles. The van der Waals surface area contributed by atoms with Crippen molar-refractivity contribution in [2.45, 2.75) is 26.2 Å². The van der Waals surface area contributed by atoms with Crippen molar-refractivity contribution in [2.24, 2.45) is 5.41 Å².